The second kappa shape index (κ2) is 8.76. The summed E-state index contributed by atoms with van der Waals surface area (Å²) in [6.07, 6.45) is 3.13. The molecule has 1 fully saturated rings. The lowest BCUT2D eigenvalue weighted by Gasteiger charge is -2.16. The summed E-state index contributed by atoms with van der Waals surface area (Å²) >= 11 is 0. The third kappa shape index (κ3) is 4.33. The molecule has 5 nitrogen and oxygen atoms in total. The molecule has 1 unspecified atom stereocenters. The second-order valence-corrected chi connectivity index (χ2v) is 7.47. The third-order valence-electron chi connectivity index (χ3n) is 5.41. The van der Waals surface area contributed by atoms with Crippen LogP contribution in [0.2, 0.25) is 0 Å². The van der Waals surface area contributed by atoms with Gasteiger partial charge in [-0.15, -0.1) is 0 Å². The number of likely N-dealkylation sites (tertiary alicyclic amines) is 1. The van der Waals surface area contributed by atoms with Crippen LogP contribution in [-0.4, -0.2) is 48.6 Å². The fourth-order valence-corrected chi connectivity index (χ4v) is 3.95. The summed E-state index contributed by atoms with van der Waals surface area (Å²) in [6, 6.07) is 14.8. The highest BCUT2D eigenvalue weighted by Crippen LogP contribution is 2.30. The molecule has 0 amide bonds. The van der Waals surface area contributed by atoms with Crippen molar-refractivity contribution in [3.63, 3.8) is 0 Å². The van der Waals surface area contributed by atoms with Gasteiger partial charge in [-0.1, -0.05) is 18.2 Å². The van der Waals surface area contributed by atoms with Crippen molar-refractivity contribution in [1.82, 2.24) is 14.7 Å². The van der Waals surface area contributed by atoms with Crippen LogP contribution in [0.3, 0.4) is 0 Å². The molecule has 0 aliphatic carbocycles. The third-order valence-corrected chi connectivity index (χ3v) is 5.41. The van der Waals surface area contributed by atoms with Crippen molar-refractivity contribution >= 4 is 0 Å². The van der Waals surface area contributed by atoms with E-state index < -0.39 is 0 Å². The average Bonchev–Trinajstić information content (AvgIpc) is 3.36. The van der Waals surface area contributed by atoms with E-state index >= 15 is 0 Å². The number of para-hydroxylation sites is 1. The maximum absolute atomic E-state index is 14.8. The number of hydrogen-bond acceptors (Lipinski definition) is 4. The Balaban J connectivity index is 1.68. The number of aromatic nitrogens is 2. The Labute approximate surface area is 170 Å². The lowest BCUT2D eigenvalue weighted by molar-refractivity contribution is 0.152. The summed E-state index contributed by atoms with van der Waals surface area (Å²) < 4.78 is 27.1. The number of nitrogens with zero attached hydrogens (tertiary/aromatic N) is 3. The summed E-state index contributed by atoms with van der Waals surface area (Å²) in [5.41, 5.74) is 3.12. The molecule has 152 valence electrons. The van der Waals surface area contributed by atoms with Gasteiger partial charge in [-0.25, -0.2) is 9.07 Å². The minimum absolute atomic E-state index is 0.331. The summed E-state index contributed by atoms with van der Waals surface area (Å²) in [4.78, 5) is 2.39. The van der Waals surface area contributed by atoms with Gasteiger partial charge in [0.05, 0.1) is 19.4 Å². The Morgan fingerprint density at radius 3 is 2.69 bits per heavy atom. The number of ether oxygens (including phenoxy) is 2. The van der Waals surface area contributed by atoms with E-state index in [1.807, 2.05) is 41.2 Å². The van der Waals surface area contributed by atoms with Crippen LogP contribution in [-0.2, 0) is 11.3 Å². The van der Waals surface area contributed by atoms with Gasteiger partial charge in [-0.3, -0.25) is 4.90 Å². The van der Waals surface area contributed by atoms with E-state index in [2.05, 4.69) is 4.90 Å². The minimum Gasteiger partial charge on any atom is -0.497 e. The SMILES string of the molecule is COCC1CCN(Cc2cn(-c3ccccc3)nc2-c2ccc(OC)cc2F)C1. The molecule has 6 heteroatoms. The molecular formula is C23H26FN3O2. The van der Waals surface area contributed by atoms with E-state index in [4.69, 9.17) is 14.6 Å². The summed E-state index contributed by atoms with van der Waals surface area (Å²) in [5, 5.41) is 4.75. The molecule has 2 heterocycles. The van der Waals surface area contributed by atoms with Gasteiger partial charge in [0.2, 0.25) is 0 Å². The first-order chi connectivity index (χ1) is 14.2. The van der Waals surface area contributed by atoms with Crippen LogP contribution in [0, 0.1) is 11.7 Å². The topological polar surface area (TPSA) is 39.5 Å². The molecule has 1 atom stereocenters. The molecule has 1 aliphatic rings. The summed E-state index contributed by atoms with van der Waals surface area (Å²) in [7, 11) is 3.28. The van der Waals surface area contributed by atoms with Crippen LogP contribution < -0.4 is 4.74 Å². The van der Waals surface area contributed by atoms with Crippen LogP contribution in [0.25, 0.3) is 16.9 Å². The quantitative estimate of drug-likeness (QED) is 0.602. The van der Waals surface area contributed by atoms with Crippen LogP contribution in [0.4, 0.5) is 4.39 Å². The first-order valence-corrected chi connectivity index (χ1v) is 9.87. The molecule has 0 N–H and O–H groups in total. The molecule has 29 heavy (non-hydrogen) atoms. The molecule has 2 aromatic carbocycles. The largest absolute Gasteiger partial charge is 0.497 e. The maximum atomic E-state index is 14.8. The molecule has 1 saturated heterocycles. The summed E-state index contributed by atoms with van der Waals surface area (Å²) in [6.45, 7) is 3.50. The molecule has 1 aromatic heterocycles. The predicted molar refractivity (Wildman–Crippen MR) is 111 cm³/mol. The highest BCUT2D eigenvalue weighted by molar-refractivity contribution is 5.65. The zero-order valence-corrected chi connectivity index (χ0v) is 16.8. The van der Waals surface area contributed by atoms with E-state index in [0.717, 1.165) is 43.9 Å². The monoisotopic (exact) mass is 395 g/mol. The van der Waals surface area contributed by atoms with Crippen LogP contribution in [0.5, 0.6) is 5.75 Å². The van der Waals surface area contributed by atoms with Gasteiger partial charge in [0.15, 0.2) is 0 Å². The predicted octanol–water partition coefficient (Wildman–Crippen LogP) is 4.16. The highest BCUT2D eigenvalue weighted by Gasteiger charge is 2.25. The van der Waals surface area contributed by atoms with Crippen molar-refractivity contribution in [3.05, 3.63) is 66.1 Å². The Morgan fingerprint density at radius 2 is 1.97 bits per heavy atom. The van der Waals surface area contributed by atoms with Crippen LogP contribution in [0.15, 0.2) is 54.7 Å². The molecule has 4 rings (SSSR count). The first-order valence-electron chi connectivity index (χ1n) is 9.87. The number of methoxy groups -OCH3 is 2. The van der Waals surface area contributed by atoms with Crippen LogP contribution in [0.1, 0.15) is 12.0 Å². The van der Waals surface area contributed by atoms with Crippen molar-refractivity contribution in [2.45, 2.75) is 13.0 Å². The second-order valence-electron chi connectivity index (χ2n) is 7.47. The number of halogens is 1. The Kier molecular flexibility index (Phi) is 5.92. The van der Waals surface area contributed by atoms with E-state index in [0.29, 0.717) is 22.9 Å². The van der Waals surface area contributed by atoms with Crippen molar-refractivity contribution in [2.24, 2.45) is 5.92 Å². The van der Waals surface area contributed by atoms with Gasteiger partial charge in [0.25, 0.3) is 0 Å². The molecule has 0 spiro atoms. The van der Waals surface area contributed by atoms with Gasteiger partial charge >= 0.3 is 0 Å². The van der Waals surface area contributed by atoms with Gasteiger partial charge < -0.3 is 9.47 Å². The first kappa shape index (κ1) is 19.6. The molecule has 3 aromatic rings. The smallest absolute Gasteiger partial charge is 0.136 e. The van der Waals surface area contributed by atoms with E-state index in [9.17, 15) is 4.39 Å². The molecule has 0 radical (unpaired) electrons. The normalized spacial score (nSPS) is 17.0. The Morgan fingerprint density at radius 1 is 1.14 bits per heavy atom. The van der Waals surface area contributed by atoms with Crippen molar-refractivity contribution in [1.29, 1.82) is 0 Å². The zero-order chi connectivity index (χ0) is 20.2. The molecule has 0 saturated carbocycles. The Bertz CT molecular complexity index is 958. The standard InChI is InChI=1S/C23H26FN3O2/c1-28-16-17-10-11-26(13-17)14-18-15-27(19-6-4-3-5-7-19)25-23(18)21-9-8-20(29-2)12-22(21)24/h3-9,12,15,17H,10-11,13-14,16H2,1-2H3. The number of benzene rings is 2. The van der Waals surface area contributed by atoms with E-state index in [1.165, 1.54) is 13.2 Å². The number of hydrogen-bond donors (Lipinski definition) is 0. The Hall–Kier alpha value is -2.70. The van der Waals surface area contributed by atoms with Crippen molar-refractivity contribution in [2.75, 3.05) is 33.9 Å². The number of rotatable bonds is 7. The molecule has 1 aliphatic heterocycles. The van der Waals surface area contributed by atoms with Gasteiger partial charge in [-0.2, -0.15) is 5.10 Å². The minimum atomic E-state index is -0.331. The lowest BCUT2D eigenvalue weighted by Crippen LogP contribution is -2.21. The fraction of sp³-hybridized carbons (Fsp3) is 0.348. The zero-order valence-electron chi connectivity index (χ0n) is 16.8. The molecular weight excluding hydrogens is 369 g/mol. The van der Waals surface area contributed by atoms with Gasteiger partial charge in [-0.05, 0) is 43.1 Å². The van der Waals surface area contributed by atoms with Gasteiger partial charge in [0.1, 0.15) is 17.3 Å². The fourth-order valence-electron chi connectivity index (χ4n) is 3.95. The van der Waals surface area contributed by atoms with Gasteiger partial charge in [0, 0.05) is 43.6 Å². The molecule has 0 bridgehead atoms. The van der Waals surface area contributed by atoms with Crippen LogP contribution >= 0.6 is 0 Å². The van der Waals surface area contributed by atoms with Crippen molar-refractivity contribution < 1.29 is 13.9 Å². The summed E-state index contributed by atoms with van der Waals surface area (Å²) in [5.74, 6) is 0.713. The highest BCUT2D eigenvalue weighted by atomic mass is 19.1. The van der Waals surface area contributed by atoms with E-state index in [1.54, 1.807) is 19.2 Å². The van der Waals surface area contributed by atoms with Crippen molar-refractivity contribution in [3.8, 4) is 22.7 Å². The van der Waals surface area contributed by atoms with E-state index in [-0.39, 0.29) is 5.82 Å². The lowest BCUT2D eigenvalue weighted by atomic mass is 10.1. The average molecular weight is 395 g/mol. The maximum Gasteiger partial charge on any atom is 0.136 e.